The van der Waals surface area contributed by atoms with Gasteiger partial charge in [0.15, 0.2) is 0 Å². The van der Waals surface area contributed by atoms with Crippen LogP contribution >= 0.6 is 23.2 Å². The van der Waals surface area contributed by atoms with Crippen LogP contribution in [0.3, 0.4) is 0 Å². The second-order valence-corrected chi connectivity index (χ2v) is 6.99. The van der Waals surface area contributed by atoms with Crippen molar-refractivity contribution in [3.63, 3.8) is 0 Å². The van der Waals surface area contributed by atoms with E-state index < -0.39 is 0 Å². The van der Waals surface area contributed by atoms with E-state index >= 15 is 0 Å². The van der Waals surface area contributed by atoms with E-state index in [4.69, 9.17) is 27.9 Å². The first-order valence-electron chi connectivity index (χ1n) is 8.56. The van der Waals surface area contributed by atoms with Gasteiger partial charge in [-0.25, -0.2) is 0 Å². The van der Waals surface area contributed by atoms with E-state index in [1.165, 1.54) is 5.56 Å². The lowest BCUT2D eigenvalue weighted by atomic mass is 10.1. The second-order valence-electron chi connectivity index (χ2n) is 6.15. The molecular weight excluding hydrogens is 365 g/mol. The smallest absolute Gasteiger partial charge is 0.124 e. The van der Waals surface area contributed by atoms with Crippen molar-refractivity contribution in [2.24, 2.45) is 0 Å². The highest BCUT2D eigenvalue weighted by molar-refractivity contribution is 6.35. The Balaban J connectivity index is 1.64. The van der Waals surface area contributed by atoms with Crippen LogP contribution in [0.1, 0.15) is 29.7 Å². The molecule has 0 spiro atoms. The van der Waals surface area contributed by atoms with E-state index in [1.54, 1.807) is 6.07 Å². The summed E-state index contributed by atoms with van der Waals surface area (Å²) in [6.07, 6.45) is 0. The van der Waals surface area contributed by atoms with Crippen LogP contribution in [0.25, 0.3) is 0 Å². The molecule has 0 aromatic heterocycles. The molecule has 0 bridgehead atoms. The van der Waals surface area contributed by atoms with Crippen molar-refractivity contribution in [1.29, 1.82) is 0 Å². The van der Waals surface area contributed by atoms with Crippen molar-refractivity contribution >= 4 is 23.2 Å². The van der Waals surface area contributed by atoms with E-state index in [1.807, 2.05) is 36.4 Å². The van der Waals surface area contributed by atoms with Crippen molar-refractivity contribution in [2.45, 2.75) is 26.1 Å². The maximum atomic E-state index is 6.23. The third-order valence-electron chi connectivity index (χ3n) is 4.27. The zero-order chi connectivity index (χ0) is 18.4. The summed E-state index contributed by atoms with van der Waals surface area (Å²) in [5.74, 6) is 0.853. The minimum Gasteiger partial charge on any atom is -0.489 e. The summed E-state index contributed by atoms with van der Waals surface area (Å²) in [4.78, 5) is 0. The molecule has 1 N–H and O–H groups in total. The van der Waals surface area contributed by atoms with Gasteiger partial charge in [0.25, 0.3) is 0 Å². The Kier molecular flexibility index (Phi) is 6.56. The molecule has 134 valence electrons. The van der Waals surface area contributed by atoms with Gasteiger partial charge in [0, 0.05) is 33.8 Å². The van der Waals surface area contributed by atoms with E-state index in [-0.39, 0.29) is 6.04 Å². The highest BCUT2D eigenvalue weighted by Crippen LogP contribution is 2.25. The van der Waals surface area contributed by atoms with Crippen LogP contribution < -0.4 is 10.1 Å². The standard InChI is InChI=1S/C22H21Cl2NO/c1-16(17-7-3-2-4-8-17)25-14-18-9-5-6-10-22(18)26-15-19-11-12-20(23)13-21(19)24/h2-13,16,25H,14-15H2,1H3. The third kappa shape index (κ3) is 5.01. The average Bonchev–Trinajstić information content (AvgIpc) is 2.67. The zero-order valence-electron chi connectivity index (χ0n) is 14.6. The normalized spacial score (nSPS) is 12.0. The Morgan fingerprint density at radius 1 is 0.885 bits per heavy atom. The van der Waals surface area contributed by atoms with E-state index in [9.17, 15) is 0 Å². The zero-order valence-corrected chi connectivity index (χ0v) is 16.1. The van der Waals surface area contributed by atoms with Gasteiger partial charge in [-0.15, -0.1) is 0 Å². The van der Waals surface area contributed by atoms with Gasteiger partial charge in [-0.1, -0.05) is 77.8 Å². The first kappa shape index (κ1) is 18.8. The SMILES string of the molecule is CC(NCc1ccccc1OCc1ccc(Cl)cc1Cl)c1ccccc1. The number of para-hydroxylation sites is 1. The number of hydrogen-bond donors (Lipinski definition) is 1. The van der Waals surface area contributed by atoms with E-state index in [0.29, 0.717) is 16.7 Å². The fourth-order valence-corrected chi connectivity index (χ4v) is 3.17. The second kappa shape index (κ2) is 9.09. The van der Waals surface area contributed by atoms with Crippen LogP contribution in [-0.2, 0) is 13.2 Å². The van der Waals surface area contributed by atoms with E-state index in [2.05, 4.69) is 42.6 Å². The van der Waals surface area contributed by atoms with Crippen molar-refractivity contribution in [1.82, 2.24) is 5.32 Å². The summed E-state index contributed by atoms with van der Waals surface area (Å²) in [5, 5.41) is 4.79. The molecule has 0 radical (unpaired) electrons. The molecule has 0 saturated heterocycles. The number of halogens is 2. The topological polar surface area (TPSA) is 21.3 Å². The molecule has 3 rings (SSSR count). The summed E-state index contributed by atoms with van der Waals surface area (Å²) in [6, 6.07) is 24.1. The molecule has 0 amide bonds. The van der Waals surface area contributed by atoms with Crippen LogP contribution in [0.4, 0.5) is 0 Å². The van der Waals surface area contributed by atoms with Crippen LogP contribution in [0.15, 0.2) is 72.8 Å². The number of benzene rings is 3. The van der Waals surface area contributed by atoms with Crippen molar-refractivity contribution in [3.8, 4) is 5.75 Å². The number of hydrogen-bond acceptors (Lipinski definition) is 2. The average molecular weight is 386 g/mol. The number of ether oxygens (including phenoxy) is 1. The summed E-state index contributed by atoms with van der Waals surface area (Å²) in [5.41, 5.74) is 3.29. The van der Waals surface area contributed by atoms with Gasteiger partial charge < -0.3 is 10.1 Å². The number of nitrogens with one attached hydrogen (secondary N) is 1. The highest BCUT2D eigenvalue weighted by Gasteiger charge is 2.09. The number of rotatable bonds is 7. The third-order valence-corrected chi connectivity index (χ3v) is 4.86. The quantitative estimate of drug-likeness (QED) is 0.506. The molecule has 1 unspecified atom stereocenters. The Labute approximate surface area is 164 Å². The molecule has 0 saturated carbocycles. The Hall–Kier alpha value is -2.00. The maximum absolute atomic E-state index is 6.23. The highest BCUT2D eigenvalue weighted by atomic mass is 35.5. The fraction of sp³-hybridized carbons (Fsp3) is 0.182. The first-order valence-corrected chi connectivity index (χ1v) is 9.32. The molecule has 26 heavy (non-hydrogen) atoms. The summed E-state index contributed by atoms with van der Waals surface area (Å²) >= 11 is 12.2. The lowest BCUT2D eigenvalue weighted by molar-refractivity contribution is 0.302. The van der Waals surface area contributed by atoms with E-state index in [0.717, 1.165) is 23.4 Å². The molecule has 0 aliphatic rings. The largest absolute Gasteiger partial charge is 0.489 e. The van der Waals surface area contributed by atoms with Crippen LogP contribution in [0.2, 0.25) is 10.0 Å². The Morgan fingerprint density at radius 3 is 2.38 bits per heavy atom. The van der Waals surface area contributed by atoms with Crippen LogP contribution in [0, 0.1) is 0 Å². The van der Waals surface area contributed by atoms with Gasteiger partial charge in [0.2, 0.25) is 0 Å². The van der Waals surface area contributed by atoms with Gasteiger partial charge in [0.1, 0.15) is 12.4 Å². The van der Waals surface area contributed by atoms with Crippen molar-refractivity contribution in [2.75, 3.05) is 0 Å². The predicted molar refractivity (Wildman–Crippen MR) is 109 cm³/mol. The van der Waals surface area contributed by atoms with Gasteiger partial charge >= 0.3 is 0 Å². The predicted octanol–water partition coefficient (Wildman–Crippen LogP) is 6.42. The molecular formula is C22H21Cl2NO. The Bertz CT molecular complexity index is 852. The summed E-state index contributed by atoms with van der Waals surface area (Å²) in [6.45, 7) is 3.29. The van der Waals surface area contributed by atoms with Crippen LogP contribution in [-0.4, -0.2) is 0 Å². The van der Waals surface area contributed by atoms with Crippen LogP contribution in [0.5, 0.6) is 5.75 Å². The molecule has 2 nitrogen and oxygen atoms in total. The minimum atomic E-state index is 0.259. The van der Waals surface area contributed by atoms with Gasteiger partial charge in [-0.2, -0.15) is 0 Å². The molecule has 4 heteroatoms. The van der Waals surface area contributed by atoms with Gasteiger partial charge in [-0.3, -0.25) is 0 Å². The molecule has 0 aliphatic heterocycles. The molecule has 0 heterocycles. The van der Waals surface area contributed by atoms with Gasteiger partial charge in [0.05, 0.1) is 0 Å². The fourth-order valence-electron chi connectivity index (χ4n) is 2.71. The molecule has 3 aromatic carbocycles. The first-order chi connectivity index (χ1) is 12.6. The lowest BCUT2D eigenvalue weighted by Crippen LogP contribution is -2.18. The van der Waals surface area contributed by atoms with Gasteiger partial charge in [-0.05, 0) is 30.7 Å². The Morgan fingerprint density at radius 2 is 1.62 bits per heavy atom. The maximum Gasteiger partial charge on any atom is 0.124 e. The lowest BCUT2D eigenvalue weighted by Gasteiger charge is -2.17. The summed E-state index contributed by atoms with van der Waals surface area (Å²) < 4.78 is 6.01. The molecule has 3 aromatic rings. The van der Waals surface area contributed by atoms with Crippen molar-refractivity contribution in [3.05, 3.63) is 99.5 Å². The minimum absolute atomic E-state index is 0.259. The summed E-state index contributed by atoms with van der Waals surface area (Å²) in [7, 11) is 0. The molecule has 0 aliphatic carbocycles. The van der Waals surface area contributed by atoms with Crippen molar-refractivity contribution < 1.29 is 4.74 Å². The molecule has 1 atom stereocenters. The monoisotopic (exact) mass is 385 g/mol. The molecule has 0 fully saturated rings.